The first-order chi connectivity index (χ1) is 14.3. The van der Waals surface area contributed by atoms with Crippen LogP contribution in [-0.2, 0) is 9.53 Å². The molecule has 2 aromatic carbocycles. The Balaban J connectivity index is 1.84. The Hall–Kier alpha value is -3.75. The van der Waals surface area contributed by atoms with Gasteiger partial charge in [0.2, 0.25) is 5.91 Å². The standard InChI is InChI=1S/C21H21N3O6/c1-3-30-21(27)15-10-14(11-17(12-15)24(28)29)20(26)22-16-6-7-18(13(2)9-16)23-8-4-5-19(23)25/h6-7,9-12H,3-5,8H2,1-2H3,(H,22,26). The molecule has 9 nitrogen and oxygen atoms in total. The Morgan fingerprint density at radius 2 is 1.93 bits per heavy atom. The average molecular weight is 411 g/mol. The van der Waals surface area contributed by atoms with Crippen LogP contribution in [0, 0.1) is 17.0 Å². The van der Waals surface area contributed by atoms with Crippen LogP contribution in [0.4, 0.5) is 17.1 Å². The number of nitro benzene ring substituents is 1. The van der Waals surface area contributed by atoms with E-state index in [1.54, 1.807) is 30.0 Å². The zero-order valence-corrected chi connectivity index (χ0v) is 16.6. The van der Waals surface area contributed by atoms with Crippen LogP contribution in [0.1, 0.15) is 46.0 Å². The van der Waals surface area contributed by atoms with Gasteiger partial charge in [-0.15, -0.1) is 0 Å². The number of carbonyl (C=O) groups excluding carboxylic acids is 3. The van der Waals surface area contributed by atoms with Gasteiger partial charge < -0.3 is 15.0 Å². The van der Waals surface area contributed by atoms with E-state index in [0.29, 0.717) is 18.7 Å². The van der Waals surface area contributed by atoms with Crippen molar-refractivity contribution < 1.29 is 24.0 Å². The van der Waals surface area contributed by atoms with E-state index in [1.807, 2.05) is 6.92 Å². The summed E-state index contributed by atoms with van der Waals surface area (Å²) in [6.07, 6.45) is 1.33. The Labute approximate surface area is 172 Å². The van der Waals surface area contributed by atoms with Crippen LogP contribution in [0.25, 0.3) is 0 Å². The minimum Gasteiger partial charge on any atom is -0.462 e. The number of anilines is 2. The first-order valence-electron chi connectivity index (χ1n) is 9.49. The lowest BCUT2D eigenvalue weighted by molar-refractivity contribution is -0.384. The van der Waals surface area contributed by atoms with Gasteiger partial charge in [-0.1, -0.05) is 0 Å². The maximum atomic E-state index is 12.7. The van der Waals surface area contributed by atoms with E-state index < -0.39 is 16.8 Å². The fourth-order valence-electron chi connectivity index (χ4n) is 3.32. The monoisotopic (exact) mass is 411 g/mol. The van der Waals surface area contributed by atoms with E-state index in [1.165, 1.54) is 6.07 Å². The van der Waals surface area contributed by atoms with Gasteiger partial charge in [0.25, 0.3) is 11.6 Å². The molecule has 0 aromatic heterocycles. The summed E-state index contributed by atoms with van der Waals surface area (Å²) in [6, 6.07) is 8.57. The molecule has 1 saturated heterocycles. The molecule has 1 heterocycles. The number of non-ortho nitro benzene ring substituents is 1. The number of rotatable bonds is 6. The van der Waals surface area contributed by atoms with Crippen LogP contribution in [0.15, 0.2) is 36.4 Å². The van der Waals surface area contributed by atoms with Crippen LogP contribution in [-0.4, -0.2) is 35.9 Å². The minimum atomic E-state index is -0.745. The van der Waals surface area contributed by atoms with Gasteiger partial charge in [-0.3, -0.25) is 19.7 Å². The number of amides is 2. The quantitative estimate of drug-likeness (QED) is 0.442. The van der Waals surface area contributed by atoms with Crippen molar-refractivity contribution in [1.29, 1.82) is 0 Å². The van der Waals surface area contributed by atoms with Crippen molar-refractivity contribution in [2.75, 3.05) is 23.4 Å². The van der Waals surface area contributed by atoms with Gasteiger partial charge in [-0.05, 0) is 50.1 Å². The second-order valence-corrected chi connectivity index (χ2v) is 6.85. The molecule has 1 N–H and O–H groups in total. The molecule has 0 spiro atoms. The largest absolute Gasteiger partial charge is 0.462 e. The molecule has 0 radical (unpaired) electrons. The number of carbonyl (C=O) groups is 3. The number of hydrogen-bond donors (Lipinski definition) is 1. The predicted molar refractivity (Wildman–Crippen MR) is 110 cm³/mol. The zero-order valence-electron chi connectivity index (χ0n) is 16.6. The van der Waals surface area contributed by atoms with Crippen LogP contribution in [0.5, 0.6) is 0 Å². The van der Waals surface area contributed by atoms with Crippen LogP contribution < -0.4 is 10.2 Å². The van der Waals surface area contributed by atoms with E-state index in [2.05, 4.69) is 5.32 Å². The maximum absolute atomic E-state index is 12.7. The van der Waals surface area contributed by atoms with Crippen molar-refractivity contribution in [2.24, 2.45) is 0 Å². The number of ether oxygens (including phenoxy) is 1. The van der Waals surface area contributed by atoms with Gasteiger partial charge in [-0.2, -0.15) is 0 Å². The first kappa shape index (κ1) is 21.0. The van der Waals surface area contributed by atoms with Crippen molar-refractivity contribution >= 4 is 34.8 Å². The van der Waals surface area contributed by atoms with E-state index in [-0.39, 0.29) is 29.3 Å². The predicted octanol–water partition coefficient (Wildman–Crippen LogP) is 3.46. The lowest BCUT2D eigenvalue weighted by Gasteiger charge is -2.19. The second-order valence-electron chi connectivity index (χ2n) is 6.85. The molecule has 156 valence electrons. The van der Waals surface area contributed by atoms with E-state index in [9.17, 15) is 24.5 Å². The van der Waals surface area contributed by atoms with Crippen molar-refractivity contribution in [1.82, 2.24) is 0 Å². The van der Waals surface area contributed by atoms with Crippen LogP contribution in [0.2, 0.25) is 0 Å². The molecule has 2 amide bonds. The number of nitrogens with one attached hydrogen (secondary N) is 1. The number of esters is 1. The minimum absolute atomic E-state index is 0.0382. The molecule has 3 rings (SSSR count). The summed E-state index contributed by atoms with van der Waals surface area (Å²) in [5.41, 5.74) is 1.57. The third-order valence-corrected chi connectivity index (χ3v) is 4.72. The van der Waals surface area contributed by atoms with Crippen molar-refractivity contribution in [3.63, 3.8) is 0 Å². The Morgan fingerprint density at radius 1 is 1.20 bits per heavy atom. The summed E-state index contributed by atoms with van der Waals surface area (Å²) in [4.78, 5) is 48.8. The van der Waals surface area contributed by atoms with E-state index in [4.69, 9.17) is 4.74 Å². The molecule has 0 aliphatic carbocycles. The van der Waals surface area contributed by atoms with Crippen molar-refractivity contribution in [3.8, 4) is 0 Å². The topological polar surface area (TPSA) is 119 Å². The van der Waals surface area contributed by atoms with Gasteiger partial charge in [0.05, 0.1) is 17.1 Å². The fourth-order valence-corrected chi connectivity index (χ4v) is 3.32. The summed E-state index contributed by atoms with van der Waals surface area (Å²) in [5, 5.41) is 13.9. The first-order valence-corrected chi connectivity index (χ1v) is 9.49. The number of hydrogen-bond acceptors (Lipinski definition) is 6. The smallest absolute Gasteiger partial charge is 0.338 e. The molecule has 0 bridgehead atoms. The van der Waals surface area contributed by atoms with Gasteiger partial charge in [-0.25, -0.2) is 4.79 Å². The molecule has 1 fully saturated rings. The van der Waals surface area contributed by atoms with Crippen molar-refractivity contribution in [2.45, 2.75) is 26.7 Å². The van der Waals surface area contributed by atoms with Gasteiger partial charge in [0.15, 0.2) is 0 Å². The fraction of sp³-hybridized carbons (Fsp3) is 0.286. The third kappa shape index (κ3) is 4.45. The van der Waals surface area contributed by atoms with Gasteiger partial charge in [0.1, 0.15) is 0 Å². The maximum Gasteiger partial charge on any atom is 0.338 e. The second kappa shape index (κ2) is 8.73. The molecule has 2 aromatic rings. The number of nitrogens with zero attached hydrogens (tertiary/aromatic N) is 2. The average Bonchev–Trinajstić information content (AvgIpc) is 3.13. The normalized spacial score (nSPS) is 13.3. The molecule has 0 unspecified atom stereocenters. The third-order valence-electron chi connectivity index (χ3n) is 4.72. The molecule has 9 heteroatoms. The SMILES string of the molecule is CCOC(=O)c1cc(C(=O)Nc2ccc(N3CCCC3=O)c(C)c2)cc([N+](=O)[O-])c1. The zero-order chi connectivity index (χ0) is 21.8. The van der Waals surface area contributed by atoms with Crippen LogP contribution in [0.3, 0.4) is 0 Å². The number of benzene rings is 2. The van der Waals surface area contributed by atoms with E-state index >= 15 is 0 Å². The van der Waals surface area contributed by atoms with E-state index in [0.717, 1.165) is 29.8 Å². The van der Waals surface area contributed by atoms with Gasteiger partial charge in [0, 0.05) is 42.0 Å². The molecule has 0 saturated carbocycles. The lowest BCUT2D eigenvalue weighted by Crippen LogP contribution is -2.24. The lowest BCUT2D eigenvalue weighted by atomic mass is 10.1. The highest BCUT2D eigenvalue weighted by atomic mass is 16.6. The molecular formula is C21H21N3O6. The Kier molecular flexibility index (Phi) is 6.10. The molecule has 0 atom stereocenters. The molecular weight excluding hydrogens is 390 g/mol. The number of nitro groups is 1. The summed E-state index contributed by atoms with van der Waals surface area (Å²) in [7, 11) is 0. The summed E-state index contributed by atoms with van der Waals surface area (Å²) < 4.78 is 4.88. The van der Waals surface area contributed by atoms with Gasteiger partial charge >= 0.3 is 5.97 Å². The Bertz CT molecular complexity index is 1030. The molecule has 30 heavy (non-hydrogen) atoms. The van der Waals surface area contributed by atoms with Crippen molar-refractivity contribution in [3.05, 3.63) is 63.2 Å². The highest BCUT2D eigenvalue weighted by Gasteiger charge is 2.23. The number of aryl methyl sites for hydroxylation is 1. The Morgan fingerprint density at radius 3 is 2.53 bits per heavy atom. The molecule has 1 aliphatic rings. The summed E-state index contributed by atoms with van der Waals surface area (Å²) >= 11 is 0. The molecule has 1 aliphatic heterocycles. The highest BCUT2D eigenvalue weighted by molar-refractivity contribution is 6.06. The van der Waals surface area contributed by atoms with Crippen LogP contribution >= 0.6 is 0 Å². The highest BCUT2D eigenvalue weighted by Crippen LogP contribution is 2.28. The summed E-state index contributed by atoms with van der Waals surface area (Å²) in [5.74, 6) is -1.28. The summed E-state index contributed by atoms with van der Waals surface area (Å²) in [6.45, 7) is 4.22.